The Hall–Kier alpha value is -1.66. The van der Waals surface area contributed by atoms with Crippen molar-refractivity contribution in [2.24, 2.45) is 0 Å². The molecular formula is C53H101NO5. The number of amides is 1. The number of allylic oxidation sites excluding steroid dienone is 4. The summed E-state index contributed by atoms with van der Waals surface area (Å²) in [7, 11) is 0. The molecule has 59 heavy (non-hydrogen) atoms. The van der Waals surface area contributed by atoms with Crippen molar-refractivity contribution in [2.75, 3.05) is 13.2 Å². The summed E-state index contributed by atoms with van der Waals surface area (Å²) in [5, 5.41) is 23.0. The molecule has 0 heterocycles. The van der Waals surface area contributed by atoms with Crippen LogP contribution in [0.5, 0.6) is 0 Å². The van der Waals surface area contributed by atoms with Crippen LogP contribution in [0, 0.1) is 0 Å². The highest BCUT2D eigenvalue weighted by molar-refractivity contribution is 5.76. The second-order valence-corrected chi connectivity index (χ2v) is 17.8. The van der Waals surface area contributed by atoms with Gasteiger partial charge in [-0.3, -0.25) is 9.59 Å². The van der Waals surface area contributed by atoms with Crippen molar-refractivity contribution in [3.05, 3.63) is 24.3 Å². The molecular weight excluding hydrogens is 731 g/mol. The van der Waals surface area contributed by atoms with E-state index in [1.165, 1.54) is 173 Å². The first-order chi connectivity index (χ1) is 29.0. The van der Waals surface area contributed by atoms with Gasteiger partial charge >= 0.3 is 5.97 Å². The minimum Gasteiger partial charge on any atom is -0.466 e. The predicted molar refractivity (Wildman–Crippen MR) is 255 cm³/mol. The smallest absolute Gasteiger partial charge is 0.305 e. The van der Waals surface area contributed by atoms with E-state index in [0.29, 0.717) is 25.9 Å². The molecule has 0 saturated heterocycles. The fourth-order valence-corrected chi connectivity index (χ4v) is 7.92. The van der Waals surface area contributed by atoms with Crippen LogP contribution >= 0.6 is 0 Å². The molecule has 0 rings (SSSR count). The van der Waals surface area contributed by atoms with Crippen molar-refractivity contribution >= 4 is 11.9 Å². The summed E-state index contributed by atoms with van der Waals surface area (Å²) in [4.78, 5) is 24.4. The van der Waals surface area contributed by atoms with Crippen LogP contribution in [-0.4, -0.2) is 47.4 Å². The molecule has 0 aromatic carbocycles. The molecule has 6 nitrogen and oxygen atoms in total. The molecule has 0 aromatic heterocycles. The van der Waals surface area contributed by atoms with Gasteiger partial charge in [0.2, 0.25) is 5.91 Å². The summed E-state index contributed by atoms with van der Waals surface area (Å²) in [5.74, 6) is -0.0666. The maximum Gasteiger partial charge on any atom is 0.305 e. The quantitative estimate of drug-likeness (QED) is 0.0322. The summed E-state index contributed by atoms with van der Waals surface area (Å²) >= 11 is 0. The first-order valence-electron chi connectivity index (χ1n) is 26.1. The van der Waals surface area contributed by atoms with Gasteiger partial charge < -0.3 is 20.3 Å². The van der Waals surface area contributed by atoms with Gasteiger partial charge in [0, 0.05) is 12.8 Å². The van der Waals surface area contributed by atoms with E-state index >= 15 is 0 Å². The van der Waals surface area contributed by atoms with Gasteiger partial charge in [-0.25, -0.2) is 0 Å². The number of aliphatic hydroxyl groups excluding tert-OH is 2. The van der Waals surface area contributed by atoms with E-state index in [-0.39, 0.29) is 18.5 Å². The topological polar surface area (TPSA) is 95.9 Å². The van der Waals surface area contributed by atoms with Crippen LogP contribution in [0.1, 0.15) is 277 Å². The molecule has 0 aliphatic carbocycles. The second kappa shape index (κ2) is 49.0. The summed E-state index contributed by atoms with van der Waals surface area (Å²) in [6.45, 7) is 4.89. The molecule has 6 heteroatoms. The average molecular weight is 832 g/mol. The number of hydrogen-bond acceptors (Lipinski definition) is 5. The van der Waals surface area contributed by atoms with E-state index in [1.54, 1.807) is 0 Å². The molecule has 2 atom stereocenters. The minimum atomic E-state index is -0.672. The van der Waals surface area contributed by atoms with Gasteiger partial charge in [-0.05, 0) is 77.0 Å². The summed E-state index contributed by atoms with van der Waals surface area (Å²) in [6, 6.07) is -0.550. The molecule has 3 N–H and O–H groups in total. The molecule has 0 aliphatic rings. The van der Waals surface area contributed by atoms with Crippen molar-refractivity contribution in [2.45, 2.75) is 289 Å². The molecule has 0 radical (unpaired) electrons. The highest BCUT2D eigenvalue weighted by atomic mass is 16.5. The van der Waals surface area contributed by atoms with Crippen LogP contribution in [0.4, 0.5) is 0 Å². The Kier molecular flexibility index (Phi) is 47.6. The van der Waals surface area contributed by atoms with Crippen LogP contribution in [0.2, 0.25) is 0 Å². The normalized spacial score (nSPS) is 12.8. The zero-order valence-corrected chi connectivity index (χ0v) is 39.5. The van der Waals surface area contributed by atoms with Gasteiger partial charge in [0.1, 0.15) is 0 Å². The van der Waals surface area contributed by atoms with Gasteiger partial charge in [-0.1, -0.05) is 212 Å². The molecule has 0 spiro atoms. The highest BCUT2D eigenvalue weighted by Gasteiger charge is 2.20. The number of rotatable bonds is 48. The zero-order chi connectivity index (χ0) is 43.0. The Balaban J connectivity index is 3.44. The number of ether oxygens (including phenoxy) is 1. The van der Waals surface area contributed by atoms with Crippen molar-refractivity contribution in [1.29, 1.82) is 0 Å². The second-order valence-electron chi connectivity index (χ2n) is 17.8. The van der Waals surface area contributed by atoms with E-state index in [1.807, 2.05) is 0 Å². The Labute approximate surface area is 367 Å². The zero-order valence-electron chi connectivity index (χ0n) is 39.5. The monoisotopic (exact) mass is 832 g/mol. The van der Waals surface area contributed by atoms with Crippen molar-refractivity contribution in [1.82, 2.24) is 5.32 Å². The van der Waals surface area contributed by atoms with Gasteiger partial charge in [0.15, 0.2) is 0 Å². The molecule has 0 saturated carbocycles. The highest BCUT2D eigenvalue weighted by Crippen LogP contribution is 2.15. The SMILES string of the molecule is CCCCCCCCC/C=C\CCCCCCCCCC(=O)OCCCCCC/C=C\CCCCCCCCCC(=O)NC(CO)C(O)CCCCCCCCCCC. The lowest BCUT2D eigenvalue weighted by molar-refractivity contribution is -0.143. The molecule has 348 valence electrons. The van der Waals surface area contributed by atoms with Crippen LogP contribution in [0.15, 0.2) is 24.3 Å². The van der Waals surface area contributed by atoms with Crippen LogP contribution < -0.4 is 5.32 Å². The van der Waals surface area contributed by atoms with E-state index in [4.69, 9.17) is 4.74 Å². The van der Waals surface area contributed by atoms with Gasteiger partial charge in [-0.15, -0.1) is 0 Å². The summed E-state index contributed by atoms with van der Waals surface area (Å²) in [6.07, 6.45) is 57.3. The van der Waals surface area contributed by atoms with E-state index in [9.17, 15) is 19.8 Å². The van der Waals surface area contributed by atoms with Crippen LogP contribution in [0.25, 0.3) is 0 Å². The number of carbonyl (C=O) groups excluding carboxylic acids is 2. The summed E-state index contributed by atoms with van der Waals surface area (Å²) in [5.41, 5.74) is 0. The van der Waals surface area contributed by atoms with Crippen molar-refractivity contribution < 1.29 is 24.5 Å². The lowest BCUT2D eigenvalue weighted by atomic mass is 10.0. The van der Waals surface area contributed by atoms with Gasteiger partial charge in [0.05, 0.1) is 25.4 Å². The first-order valence-corrected chi connectivity index (χ1v) is 26.1. The molecule has 2 unspecified atom stereocenters. The Morgan fingerprint density at radius 3 is 1.20 bits per heavy atom. The number of esters is 1. The number of aliphatic hydroxyl groups is 2. The maximum absolute atomic E-state index is 12.4. The van der Waals surface area contributed by atoms with Crippen molar-refractivity contribution in [3.8, 4) is 0 Å². The lowest BCUT2D eigenvalue weighted by Crippen LogP contribution is -2.45. The Bertz CT molecular complexity index is 920. The third-order valence-electron chi connectivity index (χ3n) is 12.0. The van der Waals surface area contributed by atoms with Crippen molar-refractivity contribution in [3.63, 3.8) is 0 Å². The van der Waals surface area contributed by atoms with Gasteiger partial charge in [0.25, 0.3) is 0 Å². The third kappa shape index (κ3) is 45.7. The standard InChI is InChI=1S/C53H101NO5/c1-3-5-7-9-11-13-14-15-16-17-18-21-24-27-31-35-39-43-47-53(58)59-48-44-40-36-32-28-25-22-19-20-23-26-30-34-38-42-46-52(57)54-50(49-55)51(56)45-41-37-33-29-12-10-8-6-4-2/h16-17,22,25,50-51,55-56H,3-15,18-21,23-24,26-49H2,1-2H3,(H,54,57)/b17-16-,25-22-. The van der Waals surface area contributed by atoms with Crippen LogP contribution in [-0.2, 0) is 14.3 Å². The fourth-order valence-electron chi connectivity index (χ4n) is 7.92. The lowest BCUT2D eigenvalue weighted by Gasteiger charge is -2.22. The largest absolute Gasteiger partial charge is 0.466 e. The predicted octanol–water partition coefficient (Wildman–Crippen LogP) is 15.5. The fraction of sp³-hybridized carbons (Fsp3) is 0.887. The third-order valence-corrected chi connectivity index (χ3v) is 12.0. The number of nitrogens with one attached hydrogen (secondary N) is 1. The molecule has 1 amide bonds. The Morgan fingerprint density at radius 2 is 0.797 bits per heavy atom. The average Bonchev–Trinajstić information content (AvgIpc) is 3.24. The first kappa shape index (κ1) is 57.3. The Morgan fingerprint density at radius 1 is 0.458 bits per heavy atom. The van der Waals surface area contributed by atoms with Crippen LogP contribution in [0.3, 0.4) is 0 Å². The molecule has 0 bridgehead atoms. The van der Waals surface area contributed by atoms with E-state index < -0.39 is 12.1 Å². The van der Waals surface area contributed by atoms with Gasteiger partial charge in [-0.2, -0.15) is 0 Å². The minimum absolute atomic E-state index is 0.0135. The van der Waals surface area contributed by atoms with E-state index in [0.717, 1.165) is 70.6 Å². The molecule has 0 aliphatic heterocycles. The summed E-state index contributed by atoms with van der Waals surface area (Å²) < 4.78 is 5.46. The number of carbonyl (C=O) groups is 2. The van der Waals surface area contributed by atoms with E-state index in [2.05, 4.69) is 43.5 Å². The maximum atomic E-state index is 12.4. The number of unbranched alkanes of at least 4 members (excludes halogenated alkanes) is 33. The number of hydrogen-bond donors (Lipinski definition) is 3. The molecule has 0 fully saturated rings. The molecule has 0 aromatic rings.